The van der Waals surface area contributed by atoms with Crippen molar-refractivity contribution in [3.8, 4) is 11.1 Å². The Morgan fingerprint density at radius 1 is 1.25 bits per heavy atom. The second-order valence-electron chi connectivity index (χ2n) is 4.90. The Bertz CT molecular complexity index is 617. The zero-order valence-corrected chi connectivity index (χ0v) is 10.8. The molecule has 0 amide bonds. The topological polar surface area (TPSA) is 73.9 Å². The molecule has 0 spiro atoms. The molecule has 1 aliphatic rings. The molecule has 1 atom stereocenters. The molecule has 0 radical (unpaired) electrons. The highest BCUT2D eigenvalue weighted by atomic mass is 16.4. The lowest BCUT2D eigenvalue weighted by molar-refractivity contribution is 0.0663. The van der Waals surface area contributed by atoms with Gasteiger partial charge in [0.2, 0.25) is 5.76 Å². The van der Waals surface area contributed by atoms with Crippen molar-refractivity contribution in [3.05, 3.63) is 42.4 Å². The largest absolute Gasteiger partial charge is 0.475 e. The first-order chi connectivity index (χ1) is 9.65. The van der Waals surface area contributed by atoms with E-state index >= 15 is 0 Å². The van der Waals surface area contributed by atoms with Gasteiger partial charge in [-0.05, 0) is 30.2 Å². The standard InChI is InChI=1S/C15H15NO4/c17-12-5-7-16(9-12)11-3-1-10(2-4-11)13-6-8-20-14(13)15(18)19/h1-4,6,8,12,17H,5,7,9H2,(H,18,19). The number of aliphatic hydroxyl groups is 1. The molecule has 0 bridgehead atoms. The van der Waals surface area contributed by atoms with Crippen LogP contribution in [0.2, 0.25) is 0 Å². The fourth-order valence-electron chi connectivity index (χ4n) is 2.53. The minimum atomic E-state index is -1.07. The maximum atomic E-state index is 11.0. The van der Waals surface area contributed by atoms with E-state index in [9.17, 15) is 9.90 Å². The molecule has 2 aromatic rings. The molecule has 1 saturated heterocycles. The van der Waals surface area contributed by atoms with E-state index in [0.717, 1.165) is 24.2 Å². The van der Waals surface area contributed by atoms with Crippen LogP contribution in [0.25, 0.3) is 11.1 Å². The molecule has 3 rings (SSSR count). The smallest absolute Gasteiger partial charge is 0.372 e. The van der Waals surface area contributed by atoms with E-state index < -0.39 is 5.97 Å². The van der Waals surface area contributed by atoms with Gasteiger partial charge in [0.15, 0.2) is 0 Å². The van der Waals surface area contributed by atoms with Gasteiger partial charge < -0.3 is 19.5 Å². The van der Waals surface area contributed by atoms with Crippen molar-refractivity contribution in [2.45, 2.75) is 12.5 Å². The summed E-state index contributed by atoms with van der Waals surface area (Å²) in [4.78, 5) is 13.2. The molecule has 1 aromatic heterocycles. The Labute approximate surface area is 116 Å². The zero-order chi connectivity index (χ0) is 14.1. The first kappa shape index (κ1) is 12.7. The van der Waals surface area contributed by atoms with Crippen LogP contribution < -0.4 is 4.90 Å². The number of nitrogens with zero attached hydrogens (tertiary/aromatic N) is 1. The minimum absolute atomic E-state index is 0.0469. The highest BCUT2D eigenvalue weighted by molar-refractivity contribution is 5.93. The van der Waals surface area contributed by atoms with Gasteiger partial charge in [0.05, 0.1) is 12.4 Å². The molecule has 2 N–H and O–H groups in total. The second kappa shape index (κ2) is 5.02. The lowest BCUT2D eigenvalue weighted by Gasteiger charge is -2.17. The fraction of sp³-hybridized carbons (Fsp3) is 0.267. The van der Waals surface area contributed by atoms with Crippen molar-refractivity contribution >= 4 is 11.7 Å². The summed E-state index contributed by atoms with van der Waals surface area (Å²) in [6.45, 7) is 1.48. The van der Waals surface area contributed by atoms with Crippen molar-refractivity contribution in [1.29, 1.82) is 0 Å². The molecule has 1 fully saturated rings. The number of hydrogen-bond donors (Lipinski definition) is 2. The molecule has 2 heterocycles. The monoisotopic (exact) mass is 273 g/mol. The second-order valence-corrected chi connectivity index (χ2v) is 4.90. The summed E-state index contributed by atoms with van der Waals surface area (Å²) in [5, 5.41) is 18.6. The van der Waals surface area contributed by atoms with Gasteiger partial charge >= 0.3 is 5.97 Å². The molecule has 0 aliphatic carbocycles. The molecule has 20 heavy (non-hydrogen) atoms. The molecule has 0 saturated carbocycles. The van der Waals surface area contributed by atoms with E-state index in [-0.39, 0.29) is 11.9 Å². The van der Waals surface area contributed by atoms with E-state index in [4.69, 9.17) is 9.52 Å². The van der Waals surface area contributed by atoms with Gasteiger partial charge in [0.1, 0.15) is 0 Å². The number of aliphatic hydroxyl groups excluding tert-OH is 1. The number of anilines is 1. The third-order valence-corrected chi connectivity index (χ3v) is 3.57. The van der Waals surface area contributed by atoms with Crippen LogP contribution in [0.3, 0.4) is 0 Å². The van der Waals surface area contributed by atoms with Crippen molar-refractivity contribution in [2.75, 3.05) is 18.0 Å². The zero-order valence-electron chi connectivity index (χ0n) is 10.8. The first-order valence-electron chi connectivity index (χ1n) is 6.49. The number of benzene rings is 1. The van der Waals surface area contributed by atoms with Crippen molar-refractivity contribution in [3.63, 3.8) is 0 Å². The number of carboxylic acid groups (broad SMARTS) is 1. The van der Waals surface area contributed by atoms with Crippen LogP contribution in [-0.2, 0) is 0 Å². The number of rotatable bonds is 3. The molecule has 1 aliphatic heterocycles. The predicted molar refractivity (Wildman–Crippen MR) is 73.9 cm³/mol. The maximum absolute atomic E-state index is 11.0. The Kier molecular flexibility index (Phi) is 3.20. The summed E-state index contributed by atoms with van der Waals surface area (Å²) < 4.78 is 4.98. The Hall–Kier alpha value is -2.27. The summed E-state index contributed by atoms with van der Waals surface area (Å²) in [5.74, 6) is -1.12. The average molecular weight is 273 g/mol. The molecule has 104 valence electrons. The van der Waals surface area contributed by atoms with E-state index in [1.807, 2.05) is 24.3 Å². The molecule has 5 nitrogen and oxygen atoms in total. The van der Waals surface area contributed by atoms with E-state index in [1.54, 1.807) is 6.07 Å². The Balaban J connectivity index is 1.86. The molecular weight excluding hydrogens is 258 g/mol. The van der Waals surface area contributed by atoms with Crippen LogP contribution in [0.5, 0.6) is 0 Å². The van der Waals surface area contributed by atoms with Gasteiger partial charge in [-0.3, -0.25) is 0 Å². The van der Waals surface area contributed by atoms with Gasteiger partial charge in [0, 0.05) is 24.3 Å². The van der Waals surface area contributed by atoms with Crippen molar-refractivity contribution < 1.29 is 19.4 Å². The number of carbonyl (C=O) groups is 1. The third kappa shape index (κ3) is 2.28. The Morgan fingerprint density at radius 3 is 2.60 bits per heavy atom. The predicted octanol–water partition coefficient (Wildman–Crippen LogP) is 2.22. The highest BCUT2D eigenvalue weighted by Gasteiger charge is 2.21. The lowest BCUT2D eigenvalue weighted by atomic mass is 10.1. The summed E-state index contributed by atoms with van der Waals surface area (Å²) in [6, 6.07) is 9.27. The van der Waals surface area contributed by atoms with Gasteiger partial charge in [-0.2, -0.15) is 0 Å². The molecule has 5 heteroatoms. The van der Waals surface area contributed by atoms with Crippen molar-refractivity contribution in [2.24, 2.45) is 0 Å². The SMILES string of the molecule is O=C(O)c1occc1-c1ccc(N2CCC(O)C2)cc1. The normalized spacial score (nSPS) is 18.4. The van der Waals surface area contributed by atoms with E-state index in [1.165, 1.54) is 6.26 Å². The van der Waals surface area contributed by atoms with Gasteiger partial charge in [-0.1, -0.05) is 12.1 Å². The molecule has 1 aromatic carbocycles. The lowest BCUT2D eigenvalue weighted by Crippen LogP contribution is -2.20. The number of hydrogen-bond acceptors (Lipinski definition) is 4. The fourth-order valence-corrected chi connectivity index (χ4v) is 2.53. The number of furan rings is 1. The summed E-state index contributed by atoms with van der Waals surface area (Å²) in [7, 11) is 0. The van der Waals surface area contributed by atoms with Crippen LogP contribution in [0.4, 0.5) is 5.69 Å². The van der Waals surface area contributed by atoms with E-state index in [0.29, 0.717) is 12.1 Å². The summed E-state index contributed by atoms with van der Waals surface area (Å²) >= 11 is 0. The van der Waals surface area contributed by atoms with Gasteiger partial charge in [-0.15, -0.1) is 0 Å². The van der Waals surface area contributed by atoms with Crippen LogP contribution >= 0.6 is 0 Å². The van der Waals surface area contributed by atoms with Crippen LogP contribution in [-0.4, -0.2) is 35.4 Å². The average Bonchev–Trinajstić information content (AvgIpc) is 3.07. The van der Waals surface area contributed by atoms with E-state index in [2.05, 4.69) is 4.90 Å². The third-order valence-electron chi connectivity index (χ3n) is 3.57. The number of carboxylic acids is 1. The van der Waals surface area contributed by atoms with Gasteiger partial charge in [-0.25, -0.2) is 4.79 Å². The van der Waals surface area contributed by atoms with Crippen molar-refractivity contribution in [1.82, 2.24) is 0 Å². The van der Waals surface area contributed by atoms with Gasteiger partial charge in [0.25, 0.3) is 0 Å². The maximum Gasteiger partial charge on any atom is 0.372 e. The number of β-amino-alcohol motifs (C(OH)–C–C–N with tert-alkyl or cyclic N) is 1. The molecule has 1 unspecified atom stereocenters. The first-order valence-corrected chi connectivity index (χ1v) is 6.49. The van der Waals surface area contributed by atoms with Crippen LogP contribution in [0.15, 0.2) is 41.0 Å². The van der Waals surface area contributed by atoms with Crippen LogP contribution in [0.1, 0.15) is 17.0 Å². The minimum Gasteiger partial charge on any atom is -0.475 e. The summed E-state index contributed by atoms with van der Waals surface area (Å²) in [6.07, 6.45) is 1.90. The quantitative estimate of drug-likeness (QED) is 0.897. The van der Waals surface area contributed by atoms with Crippen LogP contribution in [0, 0.1) is 0 Å². The summed E-state index contributed by atoms with van der Waals surface area (Å²) in [5.41, 5.74) is 2.41. The molecular formula is C15H15NO4. The highest BCUT2D eigenvalue weighted by Crippen LogP contribution is 2.28. The number of aromatic carboxylic acids is 1. The Morgan fingerprint density at radius 2 is 2.00 bits per heavy atom.